The van der Waals surface area contributed by atoms with Gasteiger partial charge in [-0.2, -0.15) is 0 Å². The molecule has 0 saturated carbocycles. The highest BCUT2D eigenvalue weighted by Crippen LogP contribution is 2.19. The van der Waals surface area contributed by atoms with Gasteiger partial charge in [-0.25, -0.2) is 0 Å². The van der Waals surface area contributed by atoms with Crippen molar-refractivity contribution in [3.8, 4) is 5.69 Å². The first-order valence-electron chi connectivity index (χ1n) is 9.83. The van der Waals surface area contributed by atoms with Gasteiger partial charge in [0.1, 0.15) is 0 Å². The van der Waals surface area contributed by atoms with E-state index in [1.807, 2.05) is 56.3 Å². The minimum absolute atomic E-state index is 0.110. The Morgan fingerprint density at radius 1 is 0.800 bits per heavy atom. The van der Waals surface area contributed by atoms with Gasteiger partial charge >= 0.3 is 0 Å². The number of hydrogen-bond acceptors (Lipinski definition) is 3. The number of hydrogen-bond donors (Lipinski definition) is 2. The smallest absolute Gasteiger partial charge is 0.234 e. The molecule has 0 bridgehead atoms. The maximum absolute atomic E-state index is 12.2. The van der Waals surface area contributed by atoms with Crippen LogP contribution in [0.2, 0.25) is 0 Å². The van der Waals surface area contributed by atoms with Gasteiger partial charge in [-0.15, -0.1) is 11.8 Å². The number of carbonyl (C=O) groups is 2. The highest BCUT2D eigenvalue weighted by molar-refractivity contribution is 8.00. The molecule has 0 radical (unpaired) electrons. The Hall–Kier alpha value is -2.99. The number of aromatic nitrogens is 1. The molecule has 2 N–H and O–H groups in total. The van der Waals surface area contributed by atoms with E-state index in [1.54, 1.807) is 0 Å². The van der Waals surface area contributed by atoms with Crippen molar-refractivity contribution in [2.45, 2.75) is 27.7 Å². The van der Waals surface area contributed by atoms with Gasteiger partial charge in [0.05, 0.1) is 11.5 Å². The monoisotopic (exact) mass is 421 g/mol. The van der Waals surface area contributed by atoms with Crippen LogP contribution < -0.4 is 10.6 Å². The summed E-state index contributed by atoms with van der Waals surface area (Å²) in [5.41, 5.74) is 7.13. The number of anilines is 2. The van der Waals surface area contributed by atoms with Crippen LogP contribution in [0.25, 0.3) is 5.69 Å². The van der Waals surface area contributed by atoms with Gasteiger partial charge in [-0.3, -0.25) is 9.59 Å². The fraction of sp³-hybridized carbons (Fsp3) is 0.250. The maximum atomic E-state index is 12.2. The van der Waals surface area contributed by atoms with Crippen LogP contribution >= 0.6 is 11.8 Å². The summed E-state index contributed by atoms with van der Waals surface area (Å²) in [6.45, 7) is 8.11. The van der Waals surface area contributed by atoms with Crippen LogP contribution in [-0.2, 0) is 9.59 Å². The minimum atomic E-state index is -0.125. The van der Waals surface area contributed by atoms with Crippen LogP contribution in [0.5, 0.6) is 0 Å². The van der Waals surface area contributed by atoms with E-state index in [4.69, 9.17) is 0 Å². The predicted octanol–water partition coefficient (Wildman–Crippen LogP) is 5.02. The van der Waals surface area contributed by atoms with Gasteiger partial charge in [-0.05, 0) is 75.7 Å². The Balaban J connectivity index is 1.46. The average Bonchev–Trinajstić information content (AvgIpc) is 3.03. The molecule has 0 fully saturated rings. The van der Waals surface area contributed by atoms with Gasteiger partial charge in [0, 0.05) is 28.5 Å². The zero-order chi connectivity index (χ0) is 21.7. The Labute approximate surface area is 181 Å². The second kappa shape index (κ2) is 9.67. The Morgan fingerprint density at radius 3 is 2.00 bits per heavy atom. The van der Waals surface area contributed by atoms with Crippen LogP contribution in [0.1, 0.15) is 22.5 Å². The quantitative estimate of drug-likeness (QED) is 0.563. The van der Waals surface area contributed by atoms with Gasteiger partial charge in [0.25, 0.3) is 0 Å². The molecule has 1 heterocycles. The summed E-state index contributed by atoms with van der Waals surface area (Å²) in [6, 6.07) is 17.8. The van der Waals surface area contributed by atoms with Crippen molar-refractivity contribution >= 4 is 35.0 Å². The van der Waals surface area contributed by atoms with Crippen molar-refractivity contribution in [2.75, 3.05) is 22.1 Å². The zero-order valence-electron chi connectivity index (χ0n) is 17.8. The van der Waals surface area contributed by atoms with E-state index in [2.05, 4.69) is 41.2 Å². The third kappa shape index (κ3) is 5.54. The lowest BCUT2D eigenvalue weighted by molar-refractivity contribution is -0.114. The van der Waals surface area contributed by atoms with E-state index in [-0.39, 0.29) is 23.3 Å². The fourth-order valence-electron chi connectivity index (χ4n) is 3.34. The topological polar surface area (TPSA) is 63.1 Å². The number of thioether (sulfide) groups is 1. The molecule has 156 valence electrons. The molecule has 0 aliphatic rings. The first-order chi connectivity index (χ1) is 14.3. The predicted molar refractivity (Wildman–Crippen MR) is 126 cm³/mol. The standard InChI is InChI=1S/C24H27N3O2S/c1-16-5-12-22(17(2)13-16)26-24(29)15-30-14-23(28)25-20-8-10-21(11-9-20)27-18(3)6-7-19(27)4/h5-13H,14-15H2,1-4H3,(H,25,28)(H,26,29). The zero-order valence-corrected chi connectivity index (χ0v) is 18.6. The number of rotatable bonds is 7. The van der Waals surface area contributed by atoms with Gasteiger partial charge < -0.3 is 15.2 Å². The Bertz CT molecular complexity index is 1040. The second-order valence-electron chi connectivity index (χ2n) is 7.41. The minimum Gasteiger partial charge on any atom is -0.325 e. The first kappa shape index (κ1) is 21.7. The number of nitrogens with one attached hydrogen (secondary N) is 2. The number of carbonyl (C=O) groups excluding carboxylic acids is 2. The lowest BCUT2D eigenvalue weighted by Gasteiger charge is -2.11. The second-order valence-corrected chi connectivity index (χ2v) is 8.39. The third-order valence-electron chi connectivity index (χ3n) is 4.80. The van der Waals surface area contributed by atoms with E-state index in [0.29, 0.717) is 0 Å². The molecule has 2 aromatic carbocycles. The molecule has 0 atom stereocenters. The van der Waals surface area contributed by atoms with E-state index >= 15 is 0 Å². The molecule has 5 nitrogen and oxygen atoms in total. The highest BCUT2D eigenvalue weighted by Gasteiger charge is 2.09. The van der Waals surface area contributed by atoms with Crippen LogP contribution in [-0.4, -0.2) is 27.9 Å². The van der Waals surface area contributed by atoms with Gasteiger partial charge in [0.15, 0.2) is 0 Å². The normalized spacial score (nSPS) is 10.7. The van der Waals surface area contributed by atoms with Crippen LogP contribution in [0.3, 0.4) is 0 Å². The molecular weight excluding hydrogens is 394 g/mol. The van der Waals surface area contributed by atoms with Crippen LogP contribution in [0.15, 0.2) is 54.6 Å². The molecule has 0 saturated heterocycles. The Morgan fingerprint density at radius 2 is 1.40 bits per heavy atom. The number of benzene rings is 2. The lowest BCUT2D eigenvalue weighted by Crippen LogP contribution is -2.18. The summed E-state index contributed by atoms with van der Waals surface area (Å²) >= 11 is 1.29. The van der Waals surface area contributed by atoms with Gasteiger partial charge in [-0.1, -0.05) is 17.7 Å². The number of nitrogens with zero attached hydrogens (tertiary/aromatic N) is 1. The summed E-state index contributed by atoms with van der Waals surface area (Å²) in [4.78, 5) is 24.3. The molecule has 0 spiro atoms. The molecular formula is C24H27N3O2S. The molecule has 3 rings (SSSR count). The lowest BCUT2D eigenvalue weighted by atomic mass is 10.1. The highest BCUT2D eigenvalue weighted by atomic mass is 32.2. The van der Waals surface area contributed by atoms with E-state index in [1.165, 1.54) is 23.1 Å². The van der Waals surface area contributed by atoms with E-state index < -0.39 is 0 Å². The van der Waals surface area contributed by atoms with E-state index in [9.17, 15) is 9.59 Å². The molecule has 1 aromatic heterocycles. The van der Waals surface area contributed by atoms with Crippen molar-refractivity contribution in [3.05, 3.63) is 77.1 Å². The molecule has 2 amide bonds. The molecule has 0 aliphatic heterocycles. The fourth-order valence-corrected chi connectivity index (χ4v) is 3.96. The van der Waals surface area contributed by atoms with Crippen molar-refractivity contribution < 1.29 is 9.59 Å². The average molecular weight is 422 g/mol. The molecule has 3 aromatic rings. The van der Waals surface area contributed by atoms with Crippen molar-refractivity contribution in [1.29, 1.82) is 0 Å². The number of aryl methyl sites for hydroxylation is 4. The van der Waals surface area contributed by atoms with E-state index in [0.717, 1.165) is 28.2 Å². The van der Waals surface area contributed by atoms with Crippen LogP contribution in [0, 0.1) is 27.7 Å². The summed E-state index contributed by atoms with van der Waals surface area (Å²) in [5.74, 6) is 0.214. The maximum Gasteiger partial charge on any atom is 0.234 e. The van der Waals surface area contributed by atoms with Crippen molar-refractivity contribution in [3.63, 3.8) is 0 Å². The van der Waals surface area contributed by atoms with Crippen molar-refractivity contribution in [1.82, 2.24) is 4.57 Å². The summed E-state index contributed by atoms with van der Waals surface area (Å²) in [7, 11) is 0. The largest absolute Gasteiger partial charge is 0.325 e. The summed E-state index contributed by atoms with van der Waals surface area (Å²) in [6.07, 6.45) is 0. The third-order valence-corrected chi connectivity index (χ3v) is 5.74. The number of amides is 2. The van der Waals surface area contributed by atoms with Crippen LogP contribution in [0.4, 0.5) is 11.4 Å². The Kier molecular flexibility index (Phi) is 7.00. The molecule has 30 heavy (non-hydrogen) atoms. The first-order valence-corrected chi connectivity index (χ1v) is 11.0. The summed E-state index contributed by atoms with van der Waals surface area (Å²) < 4.78 is 2.16. The molecule has 6 heteroatoms. The molecule has 0 unspecified atom stereocenters. The molecule has 0 aliphatic carbocycles. The van der Waals surface area contributed by atoms with Gasteiger partial charge in [0.2, 0.25) is 11.8 Å². The van der Waals surface area contributed by atoms with Crippen molar-refractivity contribution in [2.24, 2.45) is 0 Å². The SMILES string of the molecule is Cc1ccc(NC(=O)CSCC(=O)Nc2ccc(-n3c(C)ccc3C)cc2)c(C)c1. The summed E-state index contributed by atoms with van der Waals surface area (Å²) in [5, 5.41) is 5.78.